The minimum atomic E-state index is -2.82. The van der Waals surface area contributed by atoms with Gasteiger partial charge in [0.1, 0.15) is 11.7 Å². The molecule has 0 bridgehead atoms. The highest BCUT2D eigenvalue weighted by Crippen LogP contribution is 2.57. The number of anilines is 1. The van der Waals surface area contributed by atoms with Crippen LogP contribution in [0.1, 0.15) is 53.6 Å². The third kappa shape index (κ3) is 4.82. The molecule has 2 unspecified atom stereocenters. The van der Waals surface area contributed by atoms with Crippen molar-refractivity contribution in [2.75, 3.05) is 33.1 Å². The van der Waals surface area contributed by atoms with E-state index in [0.29, 0.717) is 16.7 Å². The molecule has 2 saturated carbocycles. The summed E-state index contributed by atoms with van der Waals surface area (Å²) >= 11 is 0. The molecule has 0 aliphatic heterocycles. The molecule has 258 valence electrons. The Bertz CT molecular complexity index is 2020. The van der Waals surface area contributed by atoms with Crippen molar-refractivity contribution in [2.45, 2.75) is 55.6 Å². The number of phenolic OH excluding ortho intramolecular Hbond substituents is 1. The third-order valence-electron chi connectivity index (χ3n) is 10.9. The van der Waals surface area contributed by atoms with Gasteiger partial charge in [-0.1, -0.05) is 30.0 Å². The Balaban J connectivity index is 1.60. The first kappa shape index (κ1) is 34.7. The van der Waals surface area contributed by atoms with Crippen LogP contribution < -0.4 is 22.1 Å². The summed E-state index contributed by atoms with van der Waals surface area (Å²) in [5, 5.41) is 22.4. The van der Waals surface area contributed by atoms with Crippen molar-refractivity contribution in [1.29, 1.82) is 5.26 Å². The molecule has 12 heteroatoms. The Kier molecular flexibility index (Phi) is 8.35. The maximum atomic E-state index is 14.8. The van der Waals surface area contributed by atoms with Crippen LogP contribution in [0.3, 0.4) is 0 Å². The van der Waals surface area contributed by atoms with Crippen molar-refractivity contribution < 1.29 is 29.1 Å². The van der Waals surface area contributed by atoms with E-state index in [1.165, 1.54) is 19.0 Å². The number of rotatable bonds is 4. The van der Waals surface area contributed by atoms with Gasteiger partial charge in [0, 0.05) is 25.3 Å². The molecule has 2 fully saturated rings. The summed E-state index contributed by atoms with van der Waals surface area (Å²) in [6.07, 6.45) is 5.11. The molecule has 6 rings (SSSR count). The summed E-state index contributed by atoms with van der Waals surface area (Å²) in [5.41, 5.74) is 16.1. The molecule has 12 nitrogen and oxygen atoms in total. The van der Waals surface area contributed by atoms with E-state index in [-0.39, 0.29) is 17.5 Å². The van der Waals surface area contributed by atoms with E-state index in [1.807, 2.05) is 49.3 Å². The number of hydrogen-bond donors (Lipinski definition) is 4. The summed E-state index contributed by atoms with van der Waals surface area (Å²) in [6.45, 7) is 0. The Morgan fingerprint density at radius 1 is 1.00 bits per heavy atom. The number of amides is 1. The fourth-order valence-corrected chi connectivity index (χ4v) is 8.67. The fourth-order valence-electron chi connectivity index (χ4n) is 8.67. The van der Waals surface area contributed by atoms with Crippen molar-refractivity contribution in [2.24, 2.45) is 34.5 Å². The maximum absolute atomic E-state index is 14.8. The number of hydrogen-bond acceptors (Lipinski definition) is 11. The molecule has 1 amide bonds. The number of carbonyl (C=O) groups is 5. The zero-order valence-electron chi connectivity index (χ0n) is 28.5. The van der Waals surface area contributed by atoms with E-state index in [2.05, 4.69) is 11.8 Å². The average molecular weight is 677 g/mol. The van der Waals surface area contributed by atoms with E-state index < -0.39 is 75.6 Å². The summed E-state index contributed by atoms with van der Waals surface area (Å²) in [4.78, 5) is 73.1. The van der Waals surface area contributed by atoms with Gasteiger partial charge in [-0.2, -0.15) is 5.26 Å². The van der Waals surface area contributed by atoms with Gasteiger partial charge in [0.15, 0.2) is 34.5 Å². The molecular formula is C38H40N6O6. The van der Waals surface area contributed by atoms with Crippen molar-refractivity contribution >= 4 is 34.7 Å². The number of ketones is 4. The molecule has 2 aromatic rings. The monoisotopic (exact) mass is 676 g/mol. The molecule has 6 atom stereocenters. The topological polar surface area (TPSA) is 214 Å². The van der Waals surface area contributed by atoms with Crippen LogP contribution in [0.25, 0.3) is 11.1 Å². The maximum Gasteiger partial charge on any atom is 0.235 e. The van der Waals surface area contributed by atoms with E-state index >= 15 is 0 Å². The van der Waals surface area contributed by atoms with Gasteiger partial charge >= 0.3 is 0 Å². The van der Waals surface area contributed by atoms with Gasteiger partial charge in [-0.15, -0.1) is 0 Å². The van der Waals surface area contributed by atoms with E-state index in [4.69, 9.17) is 17.2 Å². The number of carbonyl (C=O) groups excluding carboxylic acids is 5. The minimum absolute atomic E-state index is 0.159. The average Bonchev–Trinajstić information content (AvgIpc) is 3.04. The second-order valence-corrected chi connectivity index (χ2v) is 14.5. The lowest BCUT2D eigenvalue weighted by Gasteiger charge is -2.60. The summed E-state index contributed by atoms with van der Waals surface area (Å²) < 4.78 is 0. The predicted molar refractivity (Wildman–Crippen MR) is 185 cm³/mol. The number of nitrogens with two attached hydrogens (primary N) is 3. The van der Waals surface area contributed by atoms with Crippen LogP contribution in [0.15, 0.2) is 42.0 Å². The standard InChI is InChI=1S/C38H40N6O6/c1-43(2)23-14-12-21(13-15-23)24-16-22(11-10-20-8-6-5-7-9-20)29(45)26-25(24)17-36(41)18-38(42)32(44(3)4)31(47)27(35(40)50)33(48)37(38,19-39)34(49)28(36)30(26)46/h8,12-16,27-28,32,45H,5-7,9,17-18,41-42H2,1-4H3,(H2,40,50)/t27?,28?,32-,36-,37+,38-/m1/s1. The highest BCUT2D eigenvalue weighted by Gasteiger charge is 2.78. The second kappa shape index (κ2) is 12.0. The van der Waals surface area contributed by atoms with Gasteiger partial charge in [-0.25, -0.2) is 0 Å². The summed E-state index contributed by atoms with van der Waals surface area (Å²) in [5.74, 6) is -4.01. The number of primary amides is 1. The normalized spacial score (nSPS) is 30.3. The van der Waals surface area contributed by atoms with Gasteiger partial charge in [0.25, 0.3) is 0 Å². The number of Topliss-reactive ketones (excluding diaryl/α,β-unsaturated/α-hetero) is 4. The molecule has 0 spiro atoms. The van der Waals surface area contributed by atoms with Gasteiger partial charge in [-0.05, 0) is 93.1 Å². The Labute approximate surface area is 290 Å². The lowest BCUT2D eigenvalue weighted by atomic mass is 9.42. The number of allylic oxidation sites excluding steroid dienone is 2. The largest absolute Gasteiger partial charge is 0.506 e. The first-order valence-electron chi connectivity index (χ1n) is 16.5. The lowest BCUT2D eigenvalue weighted by Crippen LogP contribution is -2.85. The highest BCUT2D eigenvalue weighted by atomic mass is 16.3. The number of nitrogens with zero attached hydrogens (tertiary/aromatic N) is 3. The van der Waals surface area contributed by atoms with Gasteiger partial charge in [-0.3, -0.25) is 28.9 Å². The fraction of sp³-hybridized carbons (Fsp3) is 0.421. The molecule has 50 heavy (non-hydrogen) atoms. The number of benzene rings is 2. The van der Waals surface area contributed by atoms with Crippen molar-refractivity contribution in [1.82, 2.24) is 4.90 Å². The zero-order chi connectivity index (χ0) is 36.5. The first-order valence-corrected chi connectivity index (χ1v) is 16.5. The molecule has 0 aromatic heterocycles. The predicted octanol–water partition coefficient (Wildman–Crippen LogP) is 1.39. The second-order valence-electron chi connectivity index (χ2n) is 14.5. The van der Waals surface area contributed by atoms with Crippen LogP contribution >= 0.6 is 0 Å². The smallest absolute Gasteiger partial charge is 0.235 e. The molecule has 0 radical (unpaired) electrons. The first-order chi connectivity index (χ1) is 23.5. The highest BCUT2D eigenvalue weighted by molar-refractivity contribution is 6.33. The Hall–Kier alpha value is -5.14. The molecule has 2 aromatic carbocycles. The molecule has 4 aliphatic rings. The van der Waals surface area contributed by atoms with Crippen LogP contribution in [-0.2, 0) is 25.6 Å². The number of phenols is 1. The molecular weight excluding hydrogens is 636 g/mol. The lowest BCUT2D eigenvalue weighted by molar-refractivity contribution is -0.166. The Morgan fingerprint density at radius 2 is 1.68 bits per heavy atom. The van der Waals surface area contributed by atoms with E-state index in [0.717, 1.165) is 36.9 Å². The quantitative estimate of drug-likeness (QED) is 0.268. The van der Waals surface area contributed by atoms with E-state index in [1.54, 1.807) is 12.1 Å². The van der Waals surface area contributed by atoms with Crippen LogP contribution in [0.2, 0.25) is 0 Å². The Morgan fingerprint density at radius 3 is 2.24 bits per heavy atom. The van der Waals surface area contributed by atoms with Crippen LogP contribution in [0.4, 0.5) is 5.69 Å². The van der Waals surface area contributed by atoms with Crippen LogP contribution in [0.5, 0.6) is 5.75 Å². The third-order valence-corrected chi connectivity index (χ3v) is 10.9. The van der Waals surface area contributed by atoms with Crippen molar-refractivity contribution in [3.8, 4) is 34.8 Å². The van der Waals surface area contributed by atoms with Gasteiger partial charge < -0.3 is 27.2 Å². The molecule has 7 N–H and O–H groups in total. The number of fused-ring (bicyclic) bond motifs is 3. The number of aromatic hydroxyl groups is 1. The number of likely N-dealkylation sites (N-methyl/N-ethyl adjacent to an activating group) is 1. The minimum Gasteiger partial charge on any atom is -0.506 e. The summed E-state index contributed by atoms with van der Waals surface area (Å²) in [7, 11) is 6.74. The van der Waals surface area contributed by atoms with Gasteiger partial charge in [0.2, 0.25) is 5.91 Å². The summed E-state index contributed by atoms with van der Waals surface area (Å²) in [6, 6.07) is 9.49. The number of nitriles is 1. The molecule has 0 saturated heterocycles. The molecule has 0 heterocycles. The van der Waals surface area contributed by atoms with Crippen LogP contribution in [-0.4, -0.2) is 84.4 Å². The van der Waals surface area contributed by atoms with Crippen molar-refractivity contribution in [3.05, 3.63) is 58.7 Å². The molecule has 4 aliphatic carbocycles. The SMILES string of the molecule is CN(C)c1ccc(-c2cc(C#CC3=CCCCC3)c(O)c3c2C[C@@]2(N)C[C@@]4(N)[C@H](N(C)C)C(=O)C(C(N)=O)C(=O)[C@@]4(C#N)C(=O)C2C3=O)cc1. The van der Waals surface area contributed by atoms with Crippen molar-refractivity contribution in [3.63, 3.8) is 0 Å². The zero-order valence-corrected chi connectivity index (χ0v) is 28.5. The van der Waals surface area contributed by atoms with E-state index in [9.17, 15) is 34.3 Å². The van der Waals surface area contributed by atoms with Gasteiger partial charge in [0.05, 0.1) is 28.8 Å². The van der Waals surface area contributed by atoms with Crippen LogP contribution in [0, 0.1) is 40.4 Å².